The Labute approximate surface area is 142 Å². The summed E-state index contributed by atoms with van der Waals surface area (Å²) in [6.45, 7) is -0.351. The molecular formula is C16H13ClN4O3. The summed E-state index contributed by atoms with van der Waals surface area (Å²) < 4.78 is 0. The number of nitrogens with zero attached hydrogens (tertiary/aromatic N) is 2. The van der Waals surface area contributed by atoms with Gasteiger partial charge in [-0.3, -0.25) is 24.3 Å². The van der Waals surface area contributed by atoms with Crippen molar-refractivity contribution in [1.29, 1.82) is 0 Å². The lowest BCUT2D eigenvalue weighted by molar-refractivity contribution is -0.121. The highest BCUT2D eigenvalue weighted by atomic mass is 35.5. The predicted molar refractivity (Wildman–Crippen MR) is 89.0 cm³/mol. The molecule has 0 unspecified atom stereocenters. The third-order valence-corrected chi connectivity index (χ3v) is 3.66. The summed E-state index contributed by atoms with van der Waals surface area (Å²) in [6, 6.07) is 9.93. The summed E-state index contributed by atoms with van der Waals surface area (Å²) >= 11 is 5.81. The van der Waals surface area contributed by atoms with E-state index in [1.165, 1.54) is 17.2 Å². The minimum absolute atomic E-state index is 0.0961. The van der Waals surface area contributed by atoms with Gasteiger partial charge in [0.05, 0.1) is 17.9 Å². The topological polar surface area (TPSA) is 91.4 Å². The summed E-state index contributed by atoms with van der Waals surface area (Å²) in [7, 11) is 0. The average molecular weight is 345 g/mol. The second-order valence-corrected chi connectivity index (χ2v) is 5.52. The smallest absolute Gasteiger partial charge is 0.270 e. The van der Waals surface area contributed by atoms with Crippen LogP contribution in [0.3, 0.4) is 0 Å². The molecule has 0 atom stereocenters. The molecule has 1 aliphatic rings. The normalized spacial score (nSPS) is 13.0. The van der Waals surface area contributed by atoms with Crippen LogP contribution in [0.2, 0.25) is 5.02 Å². The number of anilines is 2. The van der Waals surface area contributed by atoms with E-state index < -0.39 is 11.8 Å². The first kappa shape index (κ1) is 15.9. The van der Waals surface area contributed by atoms with Gasteiger partial charge in [0.15, 0.2) is 0 Å². The van der Waals surface area contributed by atoms with Crippen molar-refractivity contribution in [2.24, 2.45) is 0 Å². The number of benzene rings is 1. The van der Waals surface area contributed by atoms with Crippen molar-refractivity contribution in [3.63, 3.8) is 0 Å². The lowest BCUT2D eigenvalue weighted by atomic mass is 10.2. The molecular weight excluding hydrogens is 332 g/mol. The summed E-state index contributed by atoms with van der Waals surface area (Å²) in [4.78, 5) is 41.4. The van der Waals surface area contributed by atoms with Gasteiger partial charge < -0.3 is 10.6 Å². The van der Waals surface area contributed by atoms with Crippen LogP contribution in [-0.2, 0) is 9.59 Å². The standard InChI is InChI=1S/C16H13ClN4O3/c17-10-5-6-18-12(7-10)16(24)19-8-15(23)21-9-14(22)20-11-3-1-2-4-13(11)21/h1-7H,8-9H2,(H,19,24)(H,20,22). The molecule has 122 valence electrons. The third kappa shape index (κ3) is 3.36. The molecule has 1 aromatic carbocycles. The highest BCUT2D eigenvalue weighted by molar-refractivity contribution is 6.30. The van der Waals surface area contributed by atoms with Crippen molar-refractivity contribution in [1.82, 2.24) is 10.3 Å². The largest absolute Gasteiger partial charge is 0.342 e. The van der Waals surface area contributed by atoms with Crippen molar-refractivity contribution in [2.75, 3.05) is 23.3 Å². The fourth-order valence-corrected chi connectivity index (χ4v) is 2.49. The molecule has 0 bridgehead atoms. The zero-order valence-corrected chi connectivity index (χ0v) is 13.2. The number of hydrogen-bond donors (Lipinski definition) is 2. The Morgan fingerprint density at radius 3 is 2.88 bits per heavy atom. The maximum absolute atomic E-state index is 12.4. The van der Waals surface area contributed by atoms with Gasteiger partial charge in [0, 0.05) is 11.2 Å². The highest BCUT2D eigenvalue weighted by Gasteiger charge is 2.26. The predicted octanol–water partition coefficient (Wildman–Crippen LogP) is 1.45. The van der Waals surface area contributed by atoms with E-state index in [1.54, 1.807) is 30.3 Å². The number of carbonyl (C=O) groups is 3. The number of rotatable bonds is 3. The number of hydrogen-bond acceptors (Lipinski definition) is 4. The lowest BCUT2D eigenvalue weighted by Gasteiger charge is -2.29. The average Bonchev–Trinajstić information content (AvgIpc) is 2.58. The zero-order valence-electron chi connectivity index (χ0n) is 12.5. The SMILES string of the molecule is O=C1CN(C(=O)CNC(=O)c2cc(Cl)ccn2)c2ccccc2N1. The van der Waals surface area contributed by atoms with Gasteiger partial charge in [-0.05, 0) is 24.3 Å². The number of fused-ring (bicyclic) bond motifs is 1. The molecule has 1 aliphatic heterocycles. The van der Waals surface area contributed by atoms with E-state index in [2.05, 4.69) is 15.6 Å². The van der Waals surface area contributed by atoms with E-state index in [4.69, 9.17) is 11.6 Å². The second-order valence-electron chi connectivity index (χ2n) is 5.09. The Kier molecular flexibility index (Phi) is 4.43. The first-order chi connectivity index (χ1) is 11.5. The van der Waals surface area contributed by atoms with E-state index in [1.807, 2.05) is 0 Å². The van der Waals surface area contributed by atoms with Crippen molar-refractivity contribution < 1.29 is 14.4 Å². The fourth-order valence-electron chi connectivity index (χ4n) is 2.33. The number of para-hydroxylation sites is 2. The minimum atomic E-state index is -0.513. The van der Waals surface area contributed by atoms with Gasteiger partial charge in [0.2, 0.25) is 11.8 Å². The van der Waals surface area contributed by atoms with Crippen LogP contribution >= 0.6 is 11.6 Å². The molecule has 3 amide bonds. The van der Waals surface area contributed by atoms with Crippen molar-refractivity contribution >= 4 is 40.7 Å². The van der Waals surface area contributed by atoms with Gasteiger partial charge >= 0.3 is 0 Å². The molecule has 7 nitrogen and oxygen atoms in total. The van der Waals surface area contributed by atoms with Crippen LogP contribution in [0.15, 0.2) is 42.6 Å². The fraction of sp³-hybridized carbons (Fsp3) is 0.125. The van der Waals surface area contributed by atoms with E-state index in [9.17, 15) is 14.4 Å². The molecule has 0 spiro atoms. The Morgan fingerprint density at radius 2 is 2.08 bits per heavy atom. The Balaban J connectivity index is 1.69. The second kappa shape index (κ2) is 6.67. The molecule has 8 heteroatoms. The molecule has 2 aromatic rings. The van der Waals surface area contributed by atoms with Gasteiger partial charge in [-0.1, -0.05) is 23.7 Å². The van der Waals surface area contributed by atoms with Crippen LogP contribution in [0, 0.1) is 0 Å². The summed E-state index contributed by atoms with van der Waals surface area (Å²) in [5, 5.41) is 5.56. The number of nitrogens with one attached hydrogen (secondary N) is 2. The number of halogens is 1. The van der Waals surface area contributed by atoms with Crippen molar-refractivity contribution in [3.05, 3.63) is 53.3 Å². The van der Waals surface area contributed by atoms with E-state index in [-0.39, 0.29) is 24.7 Å². The first-order valence-corrected chi connectivity index (χ1v) is 7.51. The van der Waals surface area contributed by atoms with Gasteiger partial charge in [0.1, 0.15) is 12.2 Å². The van der Waals surface area contributed by atoms with Crippen LogP contribution in [0.25, 0.3) is 0 Å². The van der Waals surface area contributed by atoms with Gasteiger partial charge in [-0.15, -0.1) is 0 Å². The van der Waals surface area contributed by atoms with Crippen LogP contribution < -0.4 is 15.5 Å². The summed E-state index contributed by atoms with van der Waals surface area (Å²) in [5.74, 6) is -1.20. The maximum atomic E-state index is 12.4. The molecule has 3 rings (SSSR count). The van der Waals surface area contributed by atoms with Crippen LogP contribution in [0.1, 0.15) is 10.5 Å². The number of amides is 3. The Hall–Kier alpha value is -2.93. The minimum Gasteiger partial charge on any atom is -0.342 e. The molecule has 0 fully saturated rings. The Morgan fingerprint density at radius 1 is 1.29 bits per heavy atom. The molecule has 0 aliphatic carbocycles. The number of pyridine rings is 1. The van der Waals surface area contributed by atoms with Crippen molar-refractivity contribution in [2.45, 2.75) is 0 Å². The van der Waals surface area contributed by atoms with Gasteiger partial charge in [-0.2, -0.15) is 0 Å². The van der Waals surface area contributed by atoms with E-state index >= 15 is 0 Å². The van der Waals surface area contributed by atoms with E-state index in [0.29, 0.717) is 16.4 Å². The molecule has 0 saturated heterocycles. The highest BCUT2D eigenvalue weighted by Crippen LogP contribution is 2.28. The van der Waals surface area contributed by atoms with E-state index in [0.717, 1.165) is 0 Å². The molecule has 2 N–H and O–H groups in total. The van der Waals surface area contributed by atoms with Crippen molar-refractivity contribution in [3.8, 4) is 0 Å². The zero-order chi connectivity index (χ0) is 17.1. The first-order valence-electron chi connectivity index (χ1n) is 7.13. The van der Waals surface area contributed by atoms with Gasteiger partial charge in [-0.25, -0.2) is 0 Å². The maximum Gasteiger partial charge on any atom is 0.270 e. The molecule has 0 saturated carbocycles. The molecule has 2 heterocycles. The molecule has 24 heavy (non-hydrogen) atoms. The molecule has 1 aromatic heterocycles. The quantitative estimate of drug-likeness (QED) is 0.881. The van der Waals surface area contributed by atoms with Crippen LogP contribution in [-0.4, -0.2) is 35.8 Å². The molecule has 0 radical (unpaired) electrons. The lowest BCUT2D eigenvalue weighted by Crippen LogP contribution is -2.46. The summed E-state index contributed by atoms with van der Waals surface area (Å²) in [6.07, 6.45) is 1.41. The monoisotopic (exact) mass is 344 g/mol. The number of carbonyl (C=O) groups excluding carboxylic acids is 3. The third-order valence-electron chi connectivity index (χ3n) is 3.43. The number of aromatic nitrogens is 1. The van der Waals surface area contributed by atoms with Gasteiger partial charge in [0.25, 0.3) is 5.91 Å². The van der Waals surface area contributed by atoms with Crippen LogP contribution in [0.5, 0.6) is 0 Å². The Bertz CT molecular complexity index is 824. The summed E-state index contributed by atoms with van der Waals surface area (Å²) in [5.41, 5.74) is 1.27. The van der Waals surface area contributed by atoms with Crippen LogP contribution in [0.4, 0.5) is 11.4 Å².